The van der Waals surface area contributed by atoms with E-state index in [1.807, 2.05) is 88.4 Å². The van der Waals surface area contributed by atoms with Crippen molar-refractivity contribution in [3.05, 3.63) is 81.2 Å². The Labute approximate surface area is 197 Å². The van der Waals surface area contributed by atoms with Gasteiger partial charge in [-0.3, -0.25) is 9.78 Å². The molecule has 0 radical (unpaired) electrons. The molecule has 0 bridgehead atoms. The van der Waals surface area contributed by atoms with E-state index in [9.17, 15) is 4.79 Å². The Kier molecular flexibility index (Phi) is 8.03. The van der Waals surface area contributed by atoms with Crippen LogP contribution >= 0.6 is 22.6 Å². The van der Waals surface area contributed by atoms with Gasteiger partial charge in [0.05, 0.1) is 27.0 Å². The number of ether oxygens (including phenoxy) is 2. The van der Waals surface area contributed by atoms with Gasteiger partial charge in [-0.25, -0.2) is 0 Å². The molecule has 1 heterocycles. The second kappa shape index (κ2) is 10.7. The molecule has 0 aliphatic carbocycles. The summed E-state index contributed by atoms with van der Waals surface area (Å²) in [6, 6.07) is 18.9. The lowest BCUT2D eigenvalue weighted by atomic mass is 10.1. The molecular formula is C25H27IN2O3. The van der Waals surface area contributed by atoms with Gasteiger partial charge < -0.3 is 14.8 Å². The number of nitrogens with one attached hydrogen (secondary N) is 1. The third-order valence-electron chi connectivity index (χ3n) is 4.57. The topological polar surface area (TPSA) is 60.5 Å². The van der Waals surface area contributed by atoms with E-state index in [0.29, 0.717) is 29.1 Å². The fourth-order valence-electron chi connectivity index (χ4n) is 3.23. The SMILES string of the molecule is Cc1nc(CC(C)OC(C)C)ccc1C(=O)Nc1ccc(Oc2ccccc2I)cc1. The average Bonchev–Trinajstić information content (AvgIpc) is 2.70. The van der Waals surface area contributed by atoms with Crippen LogP contribution in [0, 0.1) is 10.5 Å². The Bertz CT molecular complexity index is 1040. The first kappa shape index (κ1) is 23.2. The molecule has 3 rings (SSSR count). The van der Waals surface area contributed by atoms with E-state index in [4.69, 9.17) is 9.47 Å². The molecule has 1 atom stereocenters. The number of para-hydroxylation sites is 1. The maximum absolute atomic E-state index is 12.7. The molecule has 162 valence electrons. The number of carbonyl (C=O) groups is 1. The van der Waals surface area contributed by atoms with Crippen molar-refractivity contribution in [2.45, 2.75) is 46.3 Å². The summed E-state index contributed by atoms with van der Waals surface area (Å²) in [7, 11) is 0. The van der Waals surface area contributed by atoms with Gasteiger partial charge in [0.1, 0.15) is 11.5 Å². The molecular weight excluding hydrogens is 503 g/mol. The lowest BCUT2D eigenvalue weighted by molar-refractivity contribution is 0.0190. The van der Waals surface area contributed by atoms with Crippen molar-refractivity contribution < 1.29 is 14.3 Å². The zero-order chi connectivity index (χ0) is 22.4. The Morgan fingerprint density at radius 3 is 2.39 bits per heavy atom. The zero-order valence-electron chi connectivity index (χ0n) is 18.2. The minimum atomic E-state index is -0.186. The number of aryl methyl sites for hydroxylation is 1. The van der Waals surface area contributed by atoms with Crippen LogP contribution in [0.25, 0.3) is 0 Å². The molecule has 1 N–H and O–H groups in total. The number of pyridine rings is 1. The summed E-state index contributed by atoms with van der Waals surface area (Å²) < 4.78 is 12.7. The van der Waals surface area contributed by atoms with Crippen molar-refractivity contribution >= 4 is 34.2 Å². The molecule has 0 saturated carbocycles. The Morgan fingerprint density at radius 1 is 1.03 bits per heavy atom. The third-order valence-corrected chi connectivity index (χ3v) is 5.46. The maximum atomic E-state index is 12.7. The molecule has 0 saturated heterocycles. The number of aromatic nitrogens is 1. The Balaban J connectivity index is 1.62. The number of nitrogens with zero attached hydrogens (tertiary/aromatic N) is 1. The summed E-state index contributed by atoms with van der Waals surface area (Å²) >= 11 is 2.24. The van der Waals surface area contributed by atoms with Gasteiger partial charge in [0, 0.05) is 17.8 Å². The highest BCUT2D eigenvalue weighted by Gasteiger charge is 2.13. The minimum Gasteiger partial charge on any atom is -0.456 e. The van der Waals surface area contributed by atoms with Gasteiger partial charge in [-0.05, 0) is 98.8 Å². The van der Waals surface area contributed by atoms with Crippen molar-refractivity contribution in [3.63, 3.8) is 0 Å². The molecule has 0 aliphatic heterocycles. The first-order chi connectivity index (χ1) is 14.8. The highest BCUT2D eigenvalue weighted by molar-refractivity contribution is 14.1. The molecule has 6 heteroatoms. The lowest BCUT2D eigenvalue weighted by Gasteiger charge is -2.16. The number of hydrogen-bond acceptors (Lipinski definition) is 4. The molecule has 0 spiro atoms. The summed E-state index contributed by atoms with van der Waals surface area (Å²) in [4.78, 5) is 17.3. The van der Waals surface area contributed by atoms with Crippen LogP contribution in [0.1, 0.15) is 42.5 Å². The van der Waals surface area contributed by atoms with E-state index in [1.54, 1.807) is 0 Å². The van der Waals surface area contributed by atoms with Crippen LogP contribution in [0.3, 0.4) is 0 Å². The number of carbonyl (C=O) groups excluding carboxylic acids is 1. The molecule has 5 nitrogen and oxygen atoms in total. The Hall–Kier alpha value is -2.45. The highest BCUT2D eigenvalue weighted by Crippen LogP contribution is 2.27. The molecule has 1 aromatic heterocycles. The van der Waals surface area contributed by atoms with E-state index in [1.165, 1.54) is 0 Å². The van der Waals surface area contributed by atoms with E-state index in [2.05, 4.69) is 32.9 Å². The van der Waals surface area contributed by atoms with Crippen molar-refractivity contribution in [1.82, 2.24) is 4.98 Å². The number of benzene rings is 2. The van der Waals surface area contributed by atoms with Crippen molar-refractivity contribution in [2.24, 2.45) is 0 Å². The normalized spacial score (nSPS) is 11.9. The van der Waals surface area contributed by atoms with Crippen LogP contribution in [0.15, 0.2) is 60.7 Å². The molecule has 1 amide bonds. The summed E-state index contributed by atoms with van der Waals surface area (Å²) in [6.07, 6.45) is 0.962. The summed E-state index contributed by atoms with van der Waals surface area (Å²) in [5, 5.41) is 2.93. The second-order valence-corrected chi connectivity index (χ2v) is 8.81. The van der Waals surface area contributed by atoms with Crippen molar-refractivity contribution in [1.29, 1.82) is 0 Å². The molecule has 1 unspecified atom stereocenters. The molecule has 3 aromatic rings. The Morgan fingerprint density at radius 2 is 1.74 bits per heavy atom. The van der Waals surface area contributed by atoms with Crippen LogP contribution in [-0.4, -0.2) is 23.1 Å². The van der Waals surface area contributed by atoms with Crippen molar-refractivity contribution in [3.8, 4) is 11.5 Å². The van der Waals surface area contributed by atoms with Gasteiger partial charge in [-0.1, -0.05) is 12.1 Å². The largest absolute Gasteiger partial charge is 0.456 e. The summed E-state index contributed by atoms with van der Waals surface area (Å²) in [5.74, 6) is 1.33. The number of rotatable bonds is 8. The van der Waals surface area contributed by atoms with Crippen LogP contribution < -0.4 is 10.1 Å². The summed E-state index contributed by atoms with van der Waals surface area (Å²) in [5.41, 5.74) is 2.87. The standard InChI is InChI=1S/C25H27IN2O3/c1-16(2)30-17(3)15-20-11-14-22(18(4)27-20)25(29)28-19-9-12-21(13-10-19)31-24-8-6-5-7-23(24)26/h5-14,16-17H,15H2,1-4H3,(H,28,29). The molecule has 2 aromatic carbocycles. The monoisotopic (exact) mass is 530 g/mol. The first-order valence-corrected chi connectivity index (χ1v) is 11.4. The second-order valence-electron chi connectivity index (χ2n) is 7.65. The fourth-order valence-corrected chi connectivity index (χ4v) is 3.73. The predicted octanol–water partition coefficient (Wildman–Crippen LogP) is 6.40. The number of hydrogen-bond donors (Lipinski definition) is 1. The van der Waals surface area contributed by atoms with Gasteiger partial charge in [0.15, 0.2) is 0 Å². The van der Waals surface area contributed by atoms with Gasteiger partial charge in [-0.2, -0.15) is 0 Å². The average molecular weight is 530 g/mol. The van der Waals surface area contributed by atoms with Crippen LogP contribution in [-0.2, 0) is 11.2 Å². The van der Waals surface area contributed by atoms with E-state index in [-0.39, 0.29) is 18.1 Å². The molecule has 0 fully saturated rings. The van der Waals surface area contributed by atoms with E-state index in [0.717, 1.165) is 15.0 Å². The number of anilines is 1. The minimum absolute atomic E-state index is 0.0754. The fraction of sp³-hybridized carbons (Fsp3) is 0.280. The number of amides is 1. The lowest BCUT2D eigenvalue weighted by Crippen LogP contribution is -2.18. The maximum Gasteiger partial charge on any atom is 0.257 e. The van der Waals surface area contributed by atoms with Gasteiger partial charge >= 0.3 is 0 Å². The quantitative estimate of drug-likeness (QED) is 0.343. The smallest absolute Gasteiger partial charge is 0.257 e. The first-order valence-electron chi connectivity index (χ1n) is 10.3. The van der Waals surface area contributed by atoms with Crippen LogP contribution in [0.2, 0.25) is 0 Å². The predicted molar refractivity (Wildman–Crippen MR) is 132 cm³/mol. The van der Waals surface area contributed by atoms with E-state index >= 15 is 0 Å². The third kappa shape index (κ3) is 6.77. The zero-order valence-corrected chi connectivity index (χ0v) is 20.3. The molecule has 31 heavy (non-hydrogen) atoms. The van der Waals surface area contributed by atoms with Gasteiger partial charge in [0.25, 0.3) is 5.91 Å². The van der Waals surface area contributed by atoms with Gasteiger partial charge in [0.2, 0.25) is 0 Å². The van der Waals surface area contributed by atoms with E-state index < -0.39 is 0 Å². The van der Waals surface area contributed by atoms with Crippen molar-refractivity contribution in [2.75, 3.05) is 5.32 Å². The highest BCUT2D eigenvalue weighted by atomic mass is 127. The number of halogens is 1. The van der Waals surface area contributed by atoms with Crippen LogP contribution in [0.4, 0.5) is 5.69 Å². The van der Waals surface area contributed by atoms with Gasteiger partial charge in [-0.15, -0.1) is 0 Å². The van der Waals surface area contributed by atoms with Crippen LogP contribution in [0.5, 0.6) is 11.5 Å². The summed E-state index contributed by atoms with van der Waals surface area (Å²) in [6.45, 7) is 7.92. The molecule has 0 aliphatic rings.